The second-order valence-corrected chi connectivity index (χ2v) is 6.02. The Morgan fingerprint density at radius 2 is 2.04 bits per heavy atom. The van der Waals surface area contributed by atoms with Crippen LogP contribution in [-0.2, 0) is 0 Å². The fourth-order valence-electron chi connectivity index (χ4n) is 2.72. The van der Waals surface area contributed by atoms with Crippen LogP contribution in [0.3, 0.4) is 0 Å². The van der Waals surface area contributed by atoms with Gasteiger partial charge in [0.2, 0.25) is 0 Å². The molecule has 3 aromatic rings. The molecule has 0 spiro atoms. The quantitative estimate of drug-likeness (QED) is 0.356. The molecule has 0 saturated heterocycles. The number of aromatic nitrogens is 2. The van der Waals surface area contributed by atoms with Crippen molar-refractivity contribution < 1.29 is 14.8 Å². The number of hydrogen-bond acceptors (Lipinski definition) is 7. The fourth-order valence-corrected chi connectivity index (χ4v) is 2.72. The lowest BCUT2D eigenvalue weighted by atomic mass is 10.1. The predicted octanol–water partition coefficient (Wildman–Crippen LogP) is 3.47. The molecule has 2 N–H and O–H groups in total. The van der Waals surface area contributed by atoms with Crippen molar-refractivity contribution in [2.45, 2.75) is 19.4 Å². The Morgan fingerprint density at radius 3 is 2.74 bits per heavy atom. The lowest BCUT2D eigenvalue weighted by Crippen LogP contribution is -2.09. The normalized spacial score (nSPS) is 11.9. The van der Waals surface area contributed by atoms with Crippen LogP contribution in [0.1, 0.15) is 24.9 Å². The van der Waals surface area contributed by atoms with Gasteiger partial charge in [-0.3, -0.25) is 10.1 Å². The third kappa shape index (κ3) is 4.29. The maximum absolute atomic E-state index is 11.5. The Kier molecular flexibility index (Phi) is 5.77. The molecule has 0 radical (unpaired) electrons. The largest absolute Gasteiger partial charge is 0.487 e. The number of nitrogens with one attached hydrogen (secondary N) is 1. The Balaban J connectivity index is 1.97. The Morgan fingerprint density at radius 1 is 1.26 bits per heavy atom. The van der Waals surface area contributed by atoms with Gasteiger partial charge in [-0.1, -0.05) is 30.3 Å². The van der Waals surface area contributed by atoms with Crippen molar-refractivity contribution in [3.05, 3.63) is 64.5 Å². The van der Waals surface area contributed by atoms with Gasteiger partial charge >= 0.3 is 5.69 Å². The number of nitro benzene ring substituents is 1. The molecule has 8 nitrogen and oxygen atoms in total. The number of nitrogens with zero attached hydrogens (tertiary/aromatic N) is 3. The number of aliphatic hydroxyl groups is 1. The van der Waals surface area contributed by atoms with Gasteiger partial charge in [-0.05, 0) is 12.5 Å². The second kappa shape index (κ2) is 8.41. The first-order valence-corrected chi connectivity index (χ1v) is 8.58. The van der Waals surface area contributed by atoms with Crippen LogP contribution in [0.25, 0.3) is 10.9 Å². The van der Waals surface area contributed by atoms with E-state index in [0.717, 1.165) is 5.56 Å². The van der Waals surface area contributed by atoms with E-state index in [2.05, 4.69) is 15.3 Å². The average molecular weight is 368 g/mol. The summed E-state index contributed by atoms with van der Waals surface area (Å²) in [6.07, 6.45) is 1.80. The van der Waals surface area contributed by atoms with Crippen LogP contribution in [0, 0.1) is 10.1 Å². The second-order valence-electron chi connectivity index (χ2n) is 6.02. The van der Waals surface area contributed by atoms with Crippen LogP contribution in [0.2, 0.25) is 0 Å². The molecule has 0 aliphatic heterocycles. The molecule has 0 saturated carbocycles. The molecule has 0 amide bonds. The van der Waals surface area contributed by atoms with Crippen molar-refractivity contribution in [1.82, 2.24) is 9.97 Å². The van der Waals surface area contributed by atoms with Gasteiger partial charge in [0.05, 0.1) is 17.0 Å². The van der Waals surface area contributed by atoms with E-state index in [4.69, 9.17) is 9.84 Å². The lowest BCUT2D eigenvalue weighted by molar-refractivity contribution is -0.385. The molecule has 140 valence electrons. The molecular weight excluding hydrogens is 348 g/mol. The summed E-state index contributed by atoms with van der Waals surface area (Å²) in [6, 6.07) is 12.8. The fraction of sp³-hybridized carbons (Fsp3) is 0.263. The highest BCUT2D eigenvalue weighted by Gasteiger charge is 2.20. The summed E-state index contributed by atoms with van der Waals surface area (Å²) in [5.41, 5.74) is 1.45. The first kappa shape index (κ1) is 18.5. The Labute approximate surface area is 156 Å². The minimum absolute atomic E-state index is 0.0381. The van der Waals surface area contributed by atoms with Crippen molar-refractivity contribution >= 4 is 22.4 Å². The zero-order valence-electron chi connectivity index (χ0n) is 14.8. The van der Waals surface area contributed by atoms with Gasteiger partial charge in [0.25, 0.3) is 0 Å². The number of rotatable bonds is 8. The molecule has 2 aromatic carbocycles. The summed E-state index contributed by atoms with van der Waals surface area (Å²) in [4.78, 5) is 19.4. The van der Waals surface area contributed by atoms with Crippen LogP contribution in [0.5, 0.6) is 5.75 Å². The van der Waals surface area contributed by atoms with E-state index in [1.807, 2.05) is 37.3 Å². The topological polar surface area (TPSA) is 110 Å². The van der Waals surface area contributed by atoms with E-state index in [-0.39, 0.29) is 30.7 Å². The highest BCUT2D eigenvalue weighted by Crippen LogP contribution is 2.34. The molecule has 27 heavy (non-hydrogen) atoms. The molecule has 1 aromatic heterocycles. The number of fused-ring (bicyclic) bond motifs is 1. The summed E-state index contributed by atoms with van der Waals surface area (Å²) < 4.78 is 5.45. The molecular formula is C19H20N4O4. The lowest BCUT2D eigenvalue weighted by Gasteiger charge is -2.16. The standard InChI is InChI=1S/C19H20N4O4/c1-13(14-6-3-2-4-7-14)22-19-15-10-17(23(25)26)18(27-9-5-8-24)11-16(15)20-12-21-19/h2-4,6-7,10-13,24H,5,8-9H2,1H3,(H,20,21,22)/t13-/m1/s1. The van der Waals surface area contributed by atoms with Crippen LogP contribution >= 0.6 is 0 Å². The Hall–Kier alpha value is -3.26. The summed E-state index contributed by atoms with van der Waals surface area (Å²) in [5.74, 6) is 0.642. The van der Waals surface area contributed by atoms with Gasteiger partial charge in [0, 0.05) is 36.6 Å². The van der Waals surface area contributed by atoms with E-state index in [1.165, 1.54) is 18.5 Å². The zero-order chi connectivity index (χ0) is 19.2. The summed E-state index contributed by atoms with van der Waals surface area (Å²) in [6.45, 7) is 2.13. The Bertz CT molecular complexity index is 934. The number of anilines is 1. The summed E-state index contributed by atoms with van der Waals surface area (Å²) >= 11 is 0. The van der Waals surface area contributed by atoms with Crippen molar-refractivity contribution in [3.8, 4) is 5.75 Å². The average Bonchev–Trinajstić information content (AvgIpc) is 2.68. The molecule has 3 rings (SSSR count). The smallest absolute Gasteiger partial charge is 0.311 e. The molecule has 0 aliphatic carbocycles. The molecule has 1 atom stereocenters. The van der Waals surface area contributed by atoms with E-state index >= 15 is 0 Å². The number of nitro groups is 1. The first-order chi connectivity index (χ1) is 13.1. The molecule has 0 aliphatic rings. The number of ether oxygens (including phenoxy) is 1. The van der Waals surface area contributed by atoms with Gasteiger partial charge in [0.1, 0.15) is 12.1 Å². The SMILES string of the molecule is C[C@@H](Nc1ncnc2cc(OCCCO)c([N+](=O)[O-])cc12)c1ccccc1. The van der Waals surface area contributed by atoms with Crippen LogP contribution in [0.4, 0.5) is 11.5 Å². The van der Waals surface area contributed by atoms with Crippen molar-refractivity contribution in [2.75, 3.05) is 18.5 Å². The van der Waals surface area contributed by atoms with Gasteiger partial charge in [-0.2, -0.15) is 0 Å². The molecule has 0 unspecified atom stereocenters. The molecule has 0 bridgehead atoms. The third-order valence-corrected chi connectivity index (χ3v) is 4.13. The maximum Gasteiger partial charge on any atom is 0.311 e. The number of benzene rings is 2. The monoisotopic (exact) mass is 368 g/mol. The first-order valence-electron chi connectivity index (χ1n) is 8.58. The van der Waals surface area contributed by atoms with Crippen LogP contribution in [-0.4, -0.2) is 33.2 Å². The molecule has 8 heteroatoms. The highest BCUT2D eigenvalue weighted by molar-refractivity contribution is 5.92. The zero-order valence-corrected chi connectivity index (χ0v) is 14.8. The third-order valence-electron chi connectivity index (χ3n) is 4.13. The van der Waals surface area contributed by atoms with Crippen molar-refractivity contribution in [1.29, 1.82) is 0 Å². The summed E-state index contributed by atoms with van der Waals surface area (Å²) in [5, 5.41) is 24.2. The van der Waals surface area contributed by atoms with Gasteiger partial charge in [-0.15, -0.1) is 0 Å². The van der Waals surface area contributed by atoms with Crippen molar-refractivity contribution in [3.63, 3.8) is 0 Å². The van der Waals surface area contributed by atoms with Crippen LogP contribution in [0.15, 0.2) is 48.8 Å². The van der Waals surface area contributed by atoms with Crippen LogP contribution < -0.4 is 10.1 Å². The van der Waals surface area contributed by atoms with E-state index in [0.29, 0.717) is 23.1 Å². The number of aliphatic hydroxyl groups excluding tert-OH is 1. The number of hydrogen-bond donors (Lipinski definition) is 2. The van der Waals surface area contributed by atoms with Gasteiger partial charge < -0.3 is 15.2 Å². The summed E-state index contributed by atoms with van der Waals surface area (Å²) in [7, 11) is 0. The highest BCUT2D eigenvalue weighted by atomic mass is 16.6. The maximum atomic E-state index is 11.5. The van der Waals surface area contributed by atoms with Gasteiger partial charge in [-0.25, -0.2) is 9.97 Å². The van der Waals surface area contributed by atoms with Gasteiger partial charge in [0.15, 0.2) is 5.75 Å². The van der Waals surface area contributed by atoms with E-state index in [1.54, 1.807) is 0 Å². The molecule has 0 fully saturated rings. The minimum Gasteiger partial charge on any atom is -0.487 e. The van der Waals surface area contributed by atoms with E-state index in [9.17, 15) is 10.1 Å². The van der Waals surface area contributed by atoms with Crippen molar-refractivity contribution in [2.24, 2.45) is 0 Å². The predicted molar refractivity (Wildman–Crippen MR) is 102 cm³/mol. The minimum atomic E-state index is -0.495. The van der Waals surface area contributed by atoms with E-state index < -0.39 is 4.92 Å². The molecule has 1 heterocycles.